The summed E-state index contributed by atoms with van der Waals surface area (Å²) < 4.78 is 5.36. The monoisotopic (exact) mass is 268 g/mol. The Kier molecular flexibility index (Phi) is 2.99. The van der Waals surface area contributed by atoms with Crippen molar-refractivity contribution in [3.05, 3.63) is 53.3 Å². The normalized spacial score (nSPS) is 11.2. The molecule has 3 aromatic rings. The van der Waals surface area contributed by atoms with E-state index in [4.69, 9.17) is 4.42 Å². The van der Waals surface area contributed by atoms with Crippen molar-refractivity contribution in [2.45, 2.75) is 20.5 Å². The van der Waals surface area contributed by atoms with E-state index in [1.54, 1.807) is 0 Å². The number of aliphatic hydroxyl groups is 1. The van der Waals surface area contributed by atoms with Gasteiger partial charge in [-0.15, -0.1) is 0 Å². The minimum atomic E-state index is 0.0190. The lowest BCUT2D eigenvalue weighted by Crippen LogP contribution is -1.91. The molecule has 1 aromatic heterocycles. The first kappa shape index (κ1) is 12.8. The highest BCUT2D eigenvalue weighted by molar-refractivity contribution is 5.94. The summed E-state index contributed by atoms with van der Waals surface area (Å²) in [6, 6.07) is 9.74. The SMILES string of the molecule is Cc1cc2occ(O)c2c(C)c1-c1cccc(CO)c1. The summed E-state index contributed by atoms with van der Waals surface area (Å²) in [6.07, 6.45) is 1.37. The van der Waals surface area contributed by atoms with Gasteiger partial charge in [0.2, 0.25) is 0 Å². The van der Waals surface area contributed by atoms with Crippen LogP contribution in [0.5, 0.6) is 5.75 Å². The number of aromatic hydroxyl groups is 1. The van der Waals surface area contributed by atoms with Gasteiger partial charge in [-0.25, -0.2) is 0 Å². The van der Waals surface area contributed by atoms with E-state index in [2.05, 4.69) is 0 Å². The number of furan rings is 1. The Morgan fingerprint density at radius 2 is 1.95 bits per heavy atom. The van der Waals surface area contributed by atoms with Crippen molar-refractivity contribution >= 4 is 11.0 Å². The Morgan fingerprint density at radius 3 is 2.70 bits per heavy atom. The Hall–Kier alpha value is -2.26. The lowest BCUT2D eigenvalue weighted by molar-refractivity contribution is 0.282. The molecule has 20 heavy (non-hydrogen) atoms. The standard InChI is InChI=1S/C17H16O3/c1-10-6-15-17(14(19)9-20-15)11(2)16(10)13-5-3-4-12(7-13)8-18/h3-7,9,18-19H,8H2,1-2H3. The van der Waals surface area contributed by atoms with Crippen molar-refractivity contribution < 1.29 is 14.6 Å². The molecule has 0 amide bonds. The molecule has 3 nitrogen and oxygen atoms in total. The Morgan fingerprint density at radius 1 is 1.15 bits per heavy atom. The maximum absolute atomic E-state index is 9.92. The molecule has 0 spiro atoms. The molecule has 3 heteroatoms. The number of aryl methyl sites for hydroxylation is 2. The topological polar surface area (TPSA) is 53.6 Å². The molecule has 0 aliphatic rings. The highest BCUT2D eigenvalue weighted by atomic mass is 16.4. The second kappa shape index (κ2) is 4.69. The molecule has 3 rings (SSSR count). The molecule has 0 radical (unpaired) electrons. The summed E-state index contributed by atoms with van der Waals surface area (Å²) in [5, 5.41) is 19.9. The minimum Gasteiger partial charge on any atom is -0.504 e. The first-order valence-corrected chi connectivity index (χ1v) is 6.52. The largest absolute Gasteiger partial charge is 0.504 e. The van der Waals surface area contributed by atoms with E-state index in [1.165, 1.54) is 6.26 Å². The lowest BCUT2D eigenvalue weighted by Gasteiger charge is -2.12. The van der Waals surface area contributed by atoms with Gasteiger partial charge in [0.1, 0.15) is 11.8 Å². The van der Waals surface area contributed by atoms with E-state index < -0.39 is 0 Å². The number of benzene rings is 2. The van der Waals surface area contributed by atoms with Crippen LogP contribution in [-0.2, 0) is 6.61 Å². The van der Waals surface area contributed by atoms with Crippen LogP contribution in [-0.4, -0.2) is 10.2 Å². The summed E-state index contributed by atoms with van der Waals surface area (Å²) in [5.41, 5.74) is 5.75. The van der Waals surface area contributed by atoms with Gasteiger partial charge in [-0.3, -0.25) is 0 Å². The number of rotatable bonds is 2. The van der Waals surface area contributed by atoms with Crippen LogP contribution in [0.15, 0.2) is 41.0 Å². The minimum absolute atomic E-state index is 0.0190. The first-order valence-electron chi connectivity index (χ1n) is 6.52. The van der Waals surface area contributed by atoms with Crippen molar-refractivity contribution in [1.82, 2.24) is 0 Å². The molecule has 0 fully saturated rings. The molecule has 0 saturated heterocycles. The predicted molar refractivity (Wildman–Crippen MR) is 78.7 cm³/mol. The second-order valence-corrected chi connectivity index (χ2v) is 5.05. The van der Waals surface area contributed by atoms with Crippen molar-refractivity contribution in [3.63, 3.8) is 0 Å². The third-order valence-electron chi connectivity index (χ3n) is 3.69. The summed E-state index contributed by atoms with van der Waals surface area (Å²) in [7, 11) is 0. The summed E-state index contributed by atoms with van der Waals surface area (Å²) in [4.78, 5) is 0. The van der Waals surface area contributed by atoms with E-state index in [1.807, 2.05) is 44.2 Å². The molecule has 0 unspecified atom stereocenters. The van der Waals surface area contributed by atoms with Gasteiger partial charge < -0.3 is 14.6 Å². The smallest absolute Gasteiger partial charge is 0.162 e. The fourth-order valence-corrected chi connectivity index (χ4v) is 2.81. The van der Waals surface area contributed by atoms with Gasteiger partial charge in [0, 0.05) is 0 Å². The van der Waals surface area contributed by atoms with Gasteiger partial charge in [-0.2, -0.15) is 0 Å². The van der Waals surface area contributed by atoms with Crippen molar-refractivity contribution in [2.24, 2.45) is 0 Å². The predicted octanol–water partition coefficient (Wildman–Crippen LogP) is 3.91. The van der Waals surface area contributed by atoms with E-state index in [9.17, 15) is 10.2 Å². The molecule has 0 aliphatic heterocycles. The Balaban J connectivity index is 2.32. The van der Waals surface area contributed by atoms with Crippen LogP contribution in [0.25, 0.3) is 22.1 Å². The van der Waals surface area contributed by atoms with Crippen molar-refractivity contribution in [3.8, 4) is 16.9 Å². The van der Waals surface area contributed by atoms with Gasteiger partial charge in [0.25, 0.3) is 0 Å². The van der Waals surface area contributed by atoms with Crippen LogP contribution in [0.2, 0.25) is 0 Å². The van der Waals surface area contributed by atoms with E-state index in [0.717, 1.165) is 33.2 Å². The maximum Gasteiger partial charge on any atom is 0.162 e. The third-order valence-corrected chi connectivity index (χ3v) is 3.69. The average Bonchev–Trinajstić information content (AvgIpc) is 2.80. The van der Waals surface area contributed by atoms with Crippen molar-refractivity contribution in [1.29, 1.82) is 0 Å². The van der Waals surface area contributed by atoms with E-state index in [-0.39, 0.29) is 12.4 Å². The number of fused-ring (bicyclic) bond motifs is 1. The number of hydrogen-bond acceptors (Lipinski definition) is 3. The Bertz CT molecular complexity index is 784. The lowest BCUT2D eigenvalue weighted by atomic mass is 9.92. The van der Waals surface area contributed by atoms with Crippen LogP contribution < -0.4 is 0 Å². The van der Waals surface area contributed by atoms with Gasteiger partial charge in [-0.1, -0.05) is 18.2 Å². The average molecular weight is 268 g/mol. The molecule has 2 N–H and O–H groups in total. The molecular formula is C17H16O3. The fraction of sp³-hybridized carbons (Fsp3) is 0.176. The molecule has 2 aromatic carbocycles. The molecule has 0 atom stereocenters. The molecule has 102 valence electrons. The van der Waals surface area contributed by atoms with Crippen LogP contribution >= 0.6 is 0 Å². The molecule has 0 bridgehead atoms. The van der Waals surface area contributed by atoms with Gasteiger partial charge in [0.05, 0.1) is 12.0 Å². The first-order chi connectivity index (χ1) is 9.61. The zero-order valence-electron chi connectivity index (χ0n) is 11.5. The van der Waals surface area contributed by atoms with E-state index in [0.29, 0.717) is 5.58 Å². The highest BCUT2D eigenvalue weighted by Crippen LogP contribution is 2.38. The Labute approximate surface area is 117 Å². The molecule has 0 aliphatic carbocycles. The zero-order valence-corrected chi connectivity index (χ0v) is 11.5. The molecular weight excluding hydrogens is 252 g/mol. The maximum atomic E-state index is 9.92. The fourth-order valence-electron chi connectivity index (χ4n) is 2.81. The van der Waals surface area contributed by atoms with Gasteiger partial charge >= 0.3 is 0 Å². The summed E-state index contributed by atoms with van der Waals surface area (Å²) in [5.74, 6) is 0.164. The van der Waals surface area contributed by atoms with Crippen LogP contribution in [0.1, 0.15) is 16.7 Å². The van der Waals surface area contributed by atoms with Crippen LogP contribution in [0.4, 0.5) is 0 Å². The quantitative estimate of drug-likeness (QED) is 0.740. The van der Waals surface area contributed by atoms with Crippen LogP contribution in [0.3, 0.4) is 0 Å². The molecule has 1 heterocycles. The highest BCUT2D eigenvalue weighted by Gasteiger charge is 2.15. The molecule has 0 saturated carbocycles. The third kappa shape index (κ3) is 1.87. The van der Waals surface area contributed by atoms with Gasteiger partial charge in [0.15, 0.2) is 5.75 Å². The second-order valence-electron chi connectivity index (χ2n) is 5.05. The zero-order chi connectivity index (χ0) is 14.3. The summed E-state index contributed by atoms with van der Waals surface area (Å²) in [6.45, 7) is 4.02. The van der Waals surface area contributed by atoms with Gasteiger partial charge in [-0.05, 0) is 53.8 Å². The number of hydrogen-bond donors (Lipinski definition) is 2. The van der Waals surface area contributed by atoms with Crippen molar-refractivity contribution in [2.75, 3.05) is 0 Å². The summed E-state index contributed by atoms with van der Waals surface area (Å²) >= 11 is 0. The number of aliphatic hydroxyl groups excluding tert-OH is 1. The van der Waals surface area contributed by atoms with E-state index >= 15 is 0 Å². The van der Waals surface area contributed by atoms with Crippen LogP contribution in [0, 0.1) is 13.8 Å².